The number of carbonyl (C=O) groups is 1. The van der Waals surface area contributed by atoms with Gasteiger partial charge in [0.2, 0.25) is 0 Å². The van der Waals surface area contributed by atoms with Gasteiger partial charge in [0.05, 0.1) is 29.7 Å². The first-order valence-corrected chi connectivity index (χ1v) is 11.9. The zero-order valence-electron chi connectivity index (χ0n) is 19.0. The first-order valence-electron chi connectivity index (χ1n) is 11.1. The normalized spacial score (nSPS) is 13.9. The van der Waals surface area contributed by atoms with E-state index in [-0.39, 0.29) is 12.0 Å². The average molecular weight is 450 g/mol. The lowest BCUT2D eigenvalue weighted by molar-refractivity contribution is 0.0530. The summed E-state index contributed by atoms with van der Waals surface area (Å²) in [4.78, 5) is 18.0. The third-order valence-corrected chi connectivity index (χ3v) is 7.03. The van der Waals surface area contributed by atoms with Crippen LogP contribution in [0.1, 0.15) is 72.3 Å². The van der Waals surface area contributed by atoms with Crippen LogP contribution in [-0.4, -0.2) is 37.0 Å². The van der Waals surface area contributed by atoms with E-state index in [0.29, 0.717) is 17.4 Å². The number of hydrogen-bond acceptors (Lipinski definition) is 6. The lowest BCUT2D eigenvalue weighted by atomic mass is 10.0. The molecule has 0 saturated heterocycles. The van der Waals surface area contributed by atoms with Gasteiger partial charge in [0, 0.05) is 40.5 Å². The van der Waals surface area contributed by atoms with E-state index in [1.54, 1.807) is 0 Å². The van der Waals surface area contributed by atoms with Gasteiger partial charge in [-0.25, -0.2) is 14.3 Å². The number of carbonyl (C=O) groups excluding carboxylic acids is 1. The maximum absolute atomic E-state index is 12.5. The van der Waals surface area contributed by atoms with Crippen LogP contribution in [0.2, 0.25) is 0 Å². The number of fused-ring (bicyclic) bond motifs is 1. The van der Waals surface area contributed by atoms with E-state index in [4.69, 9.17) is 14.8 Å². The number of ether oxygens (including phenoxy) is 1. The fourth-order valence-corrected chi connectivity index (χ4v) is 5.33. The zero-order valence-corrected chi connectivity index (χ0v) is 19.9. The first kappa shape index (κ1) is 20.9. The summed E-state index contributed by atoms with van der Waals surface area (Å²) in [5, 5.41) is 10.2. The van der Waals surface area contributed by atoms with Crippen molar-refractivity contribution in [1.82, 2.24) is 24.4 Å². The molecule has 0 spiro atoms. The zero-order chi connectivity index (χ0) is 22.6. The molecule has 0 bridgehead atoms. The van der Waals surface area contributed by atoms with E-state index in [2.05, 4.69) is 36.6 Å². The molecular formula is C24H27N5O2S. The van der Waals surface area contributed by atoms with Crippen LogP contribution in [0.5, 0.6) is 0 Å². The highest BCUT2D eigenvalue weighted by Gasteiger charge is 2.33. The smallest absolute Gasteiger partial charge is 0.350 e. The van der Waals surface area contributed by atoms with Crippen LogP contribution in [0.4, 0.5) is 0 Å². The predicted molar refractivity (Wildman–Crippen MR) is 125 cm³/mol. The van der Waals surface area contributed by atoms with Crippen molar-refractivity contribution in [3.63, 3.8) is 0 Å². The summed E-state index contributed by atoms with van der Waals surface area (Å²) in [6.07, 6.45) is 6.02. The van der Waals surface area contributed by atoms with Gasteiger partial charge in [-0.15, -0.1) is 11.3 Å². The number of nitrogens with zero attached hydrogens (tertiary/aromatic N) is 5. The van der Waals surface area contributed by atoms with Crippen molar-refractivity contribution in [2.75, 3.05) is 6.61 Å². The molecule has 0 unspecified atom stereocenters. The van der Waals surface area contributed by atoms with Crippen molar-refractivity contribution in [3.8, 4) is 21.7 Å². The molecule has 1 aliphatic carbocycles. The van der Waals surface area contributed by atoms with Gasteiger partial charge in [-0.2, -0.15) is 10.2 Å². The topological polar surface area (TPSA) is 74.3 Å². The molecule has 0 radical (unpaired) electrons. The molecule has 0 aliphatic heterocycles. The Hall–Kier alpha value is -3.00. The fraction of sp³-hybridized carbons (Fsp3) is 0.417. The lowest BCUT2D eigenvalue weighted by Crippen LogP contribution is -2.05. The third kappa shape index (κ3) is 3.43. The summed E-state index contributed by atoms with van der Waals surface area (Å²) < 4.78 is 9.23. The summed E-state index contributed by atoms with van der Waals surface area (Å²) in [5.74, 6) is 0.109. The Morgan fingerprint density at radius 1 is 1.31 bits per heavy atom. The second-order valence-electron chi connectivity index (χ2n) is 8.62. The molecule has 8 heteroatoms. The molecule has 0 N–H and O–H groups in total. The largest absolute Gasteiger partial charge is 0.462 e. The summed E-state index contributed by atoms with van der Waals surface area (Å²) in [5.41, 5.74) is 7.17. The molecule has 32 heavy (non-hydrogen) atoms. The molecule has 0 amide bonds. The van der Waals surface area contributed by atoms with Crippen LogP contribution >= 0.6 is 11.3 Å². The monoisotopic (exact) mass is 449 g/mol. The van der Waals surface area contributed by atoms with Crippen LogP contribution in [-0.2, 0) is 4.74 Å². The van der Waals surface area contributed by atoms with E-state index >= 15 is 0 Å². The molecule has 0 atom stereocenters. The minimum atomic E-state index is -0.267. The highest BCUT2D eigenvalue weighted by atomic mass is 32.1. The van der Waals surface area contributed by atoms with Gasteiger partial charge < -0.3 is 4.74 Å². The maximum atomic E-state index is 12.5. The van der Waals surface area contributed by atoms with Crippen molar-refractivity contribution in [3.05, 3.63) is 46.5 Å². The van der Waals surface area contributed by atoms with Crippen LogP contribution in [0, 0.1) is 13.8 Å². The average Bonchev–Trinajstić information content (AvgIpc) is 3.25. The highest BCUT2D eigenvalue weighted by Crippen LogP contribution is 2.44. The molecule has 5 rings (SSSR count). The van der Waals surface area contributed by atoms with Crippen molar-refractivity contribution in [1.29, 1.82) is 0 Å². The Kier molecular flexibility index (Phi) is 5.12. The summed E-state index contributed by atoms with van der Waals surface area (Å²) in [6, 6.07) is 4.40. The Labute approximate surface area is 191 Å². The summed E-state index contributed by atoms with van der Waals surface area (Å²) in [6.45, 7) is 10.6. The Morgan fingerprint density at radius 2 is 2.09 bits per heavy atom. The molecule has 1 aliphatic rings. The van der Waals surface area contributed by atoms with E-state index in [9.17, 15) is 4.79 Å². The quantitative estimate of drug-likeness (QED) is 0.360. The Balaban J connectivity index is 1.61. The van der Waals surface area contributed by atoms with Crippen molar-refractivity contribution in [2.24, 2.45) is 0 Å². The summed E-state index contributed by atoms with van der Waals surface area (Å²) in [7, 11) is 0. The lowest BCUT2D eigenvalue weighted by Gasteiger charge is -2.08. The minimum absolute atomic E-state index is 0.267. The van der Waals surface area contributed by atoms with Gasteiger partial charge in [-0.05, 0) is 59.6 Å². The summed E-state index contributed by atoms with van der Waals surface area (Å²) >= 11 is 1.42. The second kappa shape index (κ2) is 7.85. The van der Waals surface area contributed by atoms with Crippen LogP contribution in [0.25, 0.3) is 27.2 Å². The number of esters is 1. The molecule has 1 saturated carbocycles. The minimum Gasteiger partial charge on any atom is -0.462 e. The van der Waals surface area contributed by atoms with Gasteiger partial charge in [-0.1, -0.05) is 0 Å². The van der Waals surface area contributed by atoms with Crippen LogP contribution < -0.4 is 0 Å². The van der Waals surface area contributed by atoms with Gasteiger partial charge in [0.15, 0.2) is 0 Å². The van der Waals surface area contributed by atoms with E-state index in [1.165, 1.54) is 11.3 Å². The van der Waals surface area contributed by atoms with E-state index in [0.717, 1.165) is 57.1 Å². The van der Waals surface area contributed by atoms with Crippen LogP contribution in [0.15, 0.2) is 24.5 Å². The van der Waals surface area contributed by atoms with Gasteiger partial charge in [0.25, 0.3) is 0 Å². The van der Waals surface area contributed by atoms with Crippen LogP contribution in [0.3, 0.4) is 0 Å². The van der Waals surface area contributed by atoms with Gasteiger partial charge in [0.1, 0.15) is 9.88 Å². The predicted octanol–water partition coefficient (Wildman–Crippen LogP) is 5.57. The third-order valence-electron chi connectivity index (χ3n) is 5.93. The molecule has 7 nitrogen and oxygen atoms in total. The number of aryl methyl sites for hydroxylation is 1. The maximum Gasteiger partial charge on any atom is 0.350 e. The number of hydrogen-bond donors (Lipinski definition) is 0. The molecule has 4 aromatic heterocycles. The van der Waals surface area contributed by atoms with E-state index < -0.39 is 0 Å². The van der Waals surface area contributed by atoms with Crippen molar-refractivity contribution in [2.45, 2.75) is 59.4 Å². The standard InChI is InChI=1S/C24H27N5O2S/c1-6-31-24(30)22-21(16-7-8-16)26-23(32-22)17-9-10-28-19(11-17)18(12-25-28)20-14(4)27-29(13(2)3)15(20)5/h9-13,16H,6-8H2,1-5H3. The SMILES string of the molecule is CCOC(=O)c1sc(-c2ccn3ncc(-c4c(C)nn(C(C)C)c4C)c3c2)nc1C1CC1. The number of aromatic nitrogens is 5. The first-order chi connectivity index (χ1) is 15.4. The second-order valence-corrected chi connectivity index (χ2v) is 9.61. The van der Waals surface area contributed by atoms with Crippen molar-refractivity contribution >= 4 is 22.8 Å². The fourth-order valence-electron chi connectivity index (χ4n) is 4.29. The number of rotatable bonds is 6. The van der Waals surface area contributed by atoms with E-state index in [1.807, 2.05) is 36.8 Å². The molecule has 1 fully saturated rings. The number of thiazole rings is 1. The van der Waals surface area contributed by atoms with Gasteiger partial charge in [-0.3, -0.25) is 4.68 Å². The Bertz CT molecular complexity index is 1330. The van der Waals surface area contributed by atoms with Gasteiger partial charge >= 0.3 is 5.97 Å². The Morgan fingerprint density at radius 3 is 2.75 bits per heavy atom. The number of pyridine rings is 1. The molecule has 0 aromatic carbocycles. The highest BCUT2D eigenvalue weighted by molar-refractivity contribution is 7.17. The molecule has 4 aromatic rings. The molecule has 4 heterocycles. The van der Waals surface area contributed by atoms with Crippen molar-refractivity contribution < 1.29 is 9.53 Å². The molecule has 166 valence electrons. The molecular weight excluding hydrogens is 422 g/mol.